The topological polar surface area (TPSA) is 148 Å². The maximum atomic E-state index is 11.9. The minimum atomic E-state index is -2.87. The molecule has 26 heavy (non-hydrogen) atoms. The number of unbranched alkanes of at least 4 members (excludes halogenated alkanes) is 8. The lowest BCUT2D eigenvalue weighted by atomic mass is 9.82. The van der Waals surface area contributed by atoms with Crippen LogP contribution >= 0.6 is 0 Å². The van der Waals surface area contributed by atoms with Crippen molar-refractivity contribution in [3.8, 4) is 0 Å². The molecular weight excluding hydrogens is 344 g/mol. The van der Waals surface area contributed by atoms with Gasteiger partial charge in [0.25, 0.3) is 5.79 Å². The third kappa shape index (κ3) is 6.14. The molecule has 0 aromatic heterocycles. The number of carbonyl (C=O) groups excluding carboxylic acids is 1. The standard InChI is InChI=1S/C18H34O8/c1-2-3-4-5-6-7-8-9-10-11-12(19)26-18(25)16(23)14(21)13(20)15(22)17(18)24/h13-17,20-25H,2-11H2,1H3/t13?,14-,15+,16-,17-,18?/m1/s1. The van der Waals surface area contributed by atoms with Gasteiger partial charge >= 0.3 is 5.97 Å². The third-order valence-electron chi connectivity index (χ3n) is 4.96. The quantitative estimate of drug-likeness (QED) is 0.167. The smallest absolute Gasteiger partial charge is 0.308 e. The number of hydrogen-bond donors (Lipinski definition) is 6. The predicted molar refractivity (Wildman–Crippen MR) is 92.9 cm³/mol. The van der Waals surface area contributed by atoms with Crippen molar-refractivity contribution in [2.45, 2.75) is 107 Å². The van der Waals surface area contributed by atoms with E-state index >= 15 is 0 Å². The van der Waals surface area contributed by atoms with Gasteiger partial charge < -0.3 is 35.4 Å². The van der Waals surface area contributed by atoms with Gasteiger partial charge in [0.1, 0.15) is 18.3 Å². The Morgan fingerprint density at radius 3 is 1.65 bits per heavy atom. The second-order valence-electron chi connectivity index (χ2n) is 7.17. The first kappa shape index (κ1) is 23.3. The Balaban J connectivity index is 2.31. The van der Waals surface area contributed by atoms with Crippen molar-refractivity contribution in [2.75, 3.05) is 0 Å². The van der Waals surface area contributed by atoms with E-state index in [9.17, 15) is 35.4 Å². The molecular formula is C18H34O8. The zero-order valence-corrected chi connectivity index (χ0v) is 15.5. The van der Waals surface area contributed by atoms with Gasteiger partial charge in [-0.05, 0) is 6.42 Å². The molecule has 0 radical (unpaired) electrons. The van der Waals surface area contributed by atoms with Gasteiger partial charge in [0.15, 0.2) is 12.2 Å². The average Bonchev–Trinajstić information content (AvgIpc) is 2.62. The molecule has 6 atom stereocenters. The minimum Gasteiger partial charge on any atom is -0.427 e. The summed E-state index contributed by atoms with van der Waals surface area (Å²) in [4.78, 5) is 11.9. The molecule has 8 heteroatoms. The number of ether oxygens (including phenoxy) is 1. The fraction of sp³-hybridized carbons (Fsp3) is 0.944. The molecule has 154 valence electrons. The first-order chi connectivity index (χ1) is 12.3. The van der Waals surface area contributed by atoms with Gasteiger partial charge in [-0.1, -0.05) is 58.3 Å². The van der Waals surface area contributed by atoms with E-state index in [0.717, 1.165) is 19.3 Å². The van der Waals surface area contributed by atoms with Crippen molar-refractivity contribution in [3.05, 3.63) is 0 Å². The molecule has 0 aliphatic heterocycles. The molecule has 1 rings (SSSR count). The fourth-order valence-electron chi connectivity index (χ4n) is 3.17. The van der Waals surface area contributed by atoms with E-state index in [-0.39, 0.29) is 6.42 Å². The Kier molecular flexibility index (Phi) is 9.99. The van der Waals surface area contributed by atoms with Gasteiger partial charge in [0, 0.05) is 6.42 Å². The second-order valence-corrected chi connectivity index (χ2v) is 7.17. The summed E-state index contributed by atoms with van der Waals surface area (Å²) in [5.74, 6) is -3.72. The zero-order valence-electron chi connectivity index (χ0n) is 15.5. The number of hydrogen-bond acceptors (Lipinski definition) is 8. The summed E-state index contributed by atoms with van der Waals surface area (Å²) in [7, 11) is 0. The molecule has 2 unspecified atom stereocenters. The van der Waals surface area contributed by atoms with E-state index in [1.165, 1.54) is 32.1 Å². The lowest BCUT2D eigenvalue weighted by Gasteiger charge is -2.46. The number of aliphatic hydroxyl groups is 6. The van der Waals surface area contributed by atoms with Gasteiger partial charge in [-0.15, -0.1) is 0 Å². The van der Waals surface area contributed by atoms with Gasteiger partial charge in [0.05, 0.1) is 0 Å². The van der Waals surface area contributed by atoms with Gasteiger partial charge in [0.2, 0.25) is 0 Å². The molecule has 1 aliphatic carbocycles. The molecule has 0 aromatic rings. The Bertz CT molecular complexity index is 400. The highest BCUT2D eigenvalue weighted by Gasteiger charge is 2.60. The van der Waals surface area contributed by atoms with Gasteiger partial charge in [-0.25, -0.2) is 0 Å². The van der Waals surface area contributed by atoms with E-state index in [1.807, 2.05) is 0 Å². The Hall–Kier alpha value is -0.770. The van der Waals surface area contributed by atoms with Gasteiger partial charge in [-0.2, -0.15) is 0 Å². The highest BCUT2D eigenvalue weighted by molar-refractivity contribution is 5.69. The molecule has 0 heterocycles. The third-order valence-corrected chi connectivity index (χ3v) is 4.96. The molecule has 1 aliphatic rings. The van der Waals surface area contributed by atoms with Crippen molar-refractivity contribution >= 4 is 5.97 Å². The first-order valence-electron chi connectivity index (χ1n) is 9.60. The van der Waals surface area contributed by atoms with Crippen molar-refractivity contribution in [3.63, 3.8) is 0 Å². The summed E-state index contributed by atoms with van der Waals surface area (Å²) in [5.41, 5.74) is 0. The molecule has 6 N–H and O–H groups in total. The molecule has 1 fully saturated rings. The van der Waals surface area contributed by atoms with Crippen molar-refractivity contribution < 1.29 is 40.2 Å². The summed E-state index contributed by atoms with van der Waals surface area (Å²) in [6, 6.07) is 0. The lowest BCUT2D eigenvalue weighted by Crippen LogP contribution is -2.72. The van der Waals surface area contributed by atoms with Crippen LogP contribution in [0, 0.1) is 0 Å². The number of aliphatic hydroxyl groups excluding tert-OH is 5. The lowest BCUT2D eigenvalue weighted by molar-refractivity contribution is -0.347. The van der Waals surface area contributed by atoms with E-state index < -0.39 is 42.3 Å². The number of carbonyl (C=O) groups is 1. The molecule has 1 saturated carbocycles. The summed E-state index contributed by atoms with van der Waals surface area (Å²) in [6.45, 7) is 2.17. The Labute approximate surface area is 154 Å². The van der Waals surface area contributed by atoms with Crippen LogP contribution in [-0.2, 0) is 9.53 Å². The van der Waals surface area contributed by atoms with Crippen LogP contribution in [0.5, 0.6) is 0 Å². The zero-order chi connectivity index (χ0) is 19.7. The summed E-state index contributed by atoms with van der Waals surface area (Å²) in [5, 5.41) is 58.6. The summed E-state index contributed by atoms with van der Waals surface area (Å²) >= 11 is 0. The normalized spacial score (nSPS) is 34.7. The van der Waals surface area contributed by atoms with Crippen LogP contribution in [0.4, 0.5) is 0 Å². The second kappa shape index (κ2) is 11.2. The molecule has 0 bridgehead atoms. The van der Waals surface area contributed by atoms with Crippen LogP contribution in [0.3, 0.4) is 0 Å². The average molecular weight is 378 g/mol. The molecule has 0 aromatic carbocycles. The molecule has 0 saturated heterocycles. The van der Waals surface area contributed by atoms with E-state index in [1.54, 1.807) is 0 Å². The van der Waals surface area contributed by atoms with Crippen LogP contribution < -0.4 is 0 Å². The van der Waals surface area contributed by atoms with Crippen molar-refractivity contribution in [1.29, 1.82) is 0 Å². The largest absolute Gasteiger partial charge is 0.427 e. The van der Waals surface area contributed by atoms with E-state index in [2.05, 4.69) is 6.92 Å². The van der Waals surface area contributed by atoms with Crippen LogP contribution in [-0.4, -0.2) is 72.9 Å². The van der Waals surface area contributed by atoms with Crippen molar-refractivity contribution in [2.24, 2.45) is 0 Å². The number of rotatable bonds is 11. The minimum absolute atomic E-state index is 0.0215. The molecule has 0 spiro atoms. The van der Waals surface area contributed by atoms with Crippen molar-refractivity contribution in [1.82, 2.24) is 0 Å². The van der Waals surface area contributed by atoms with Crippen LogP contribution in [0.2, 0.25) is 0 Å². The summed E-state index contributed by atoms with van der Waals surface area (Å²) in [6.07, 6.45) is -0.548. The Morgan fingerprint density at radius 2 is 1.19 bits per heavy atom. The molecule has 8 nitrogen and oxygen atoms in total. The SMILES string of the molecule is CCCCCCCCCCCC(=O)OC1(O)[C@H](O)[C@H](O)C(O)[C@H](O)[C@H]1O. The van der Waals surface area contributed by atoms with Crippen LogP contribution in [0.15, 0.2) is 0 Å². The highest BCUT2D eigenvalue weighted by Crippen LogP contribution is 2.32. The maximum absolute atomic E-state index is 11.9. The van der Waals surface area contributed by atoms with E-state index in [0.29, 0.717) is 6.42 Å². The Morgan fingerprint density at radius 1 is 0.769 bits per heavy atom. The monoisotopic (exact) mass is 378 g/mol. The first-order valence-corrected chi connectivity index (χ1v) is 9.60. The number of esters is 1. The van der Waals surface area contributed by atoms with E-state index in [4.69, 9.17) is 4.74 Å². The van der Waals surface area contributed by atoms with Gasteiger partial charge in [-0.3, -0.25) is 4.79 Å². The highest BCUT2D eigenvalue weighted by atomic mass is 16.7. The fourth-order valence-corrected chi connectivity index (χ4v) is 3.17. The van der Waals surface area contributed by atoms with Crippen LogP contribution in [0.25, 0.3) is 0 Å². The maximum Gasteiger partial charge on any atom is 0.308 e. The van der Waals surface area contributed by atoms with Crippen LogP contribution in [0.1, 0.15) is 71.1 Å². The predicted octanol–water partition coefficient (Wildman–Crippen LogP) is -0.0428. The molecule has 0 amide bonds. The summed E-state index contributed by atoms with van der Waals surface area (Å²) < 4.78 is 4.75.